The zero-order chi connectivity index (χ0) is 0. The van der Waals surface area contributed by atoms with Gasteiger partial charge in [0.15, 0.2) is 0 Å². The van der Waals surface area contributed by atoms with Gasteiger partial charge in [-0.05, 0) is 0 Å². The first-order chi connectivity index (χ1) is 0. The molecule has 1 unspecified atom stereocenters. The van der Waals surface area contributed by atoms with Crippen LogP contribution in [0.15, 0.2) is 0 Å². The van der Waals surface area contributed by atoms with E-state index < -0.39 is 0 Å². The molecule has 0 aliphatic carbocycles. The molecule has 0 aromatic heterocycles. The molecule has 6 heavy (non-hydrogen) atoms. The Bertz CT molecular complexity index is 10.8. The van der Waals surface area contributed by atoms with Gasteiger partial charge in [0.1, 0.15) is 0 Å². The maximum absolute atomic E-state index is 0. The second-order valence-corrected chi connectivity index (χ2v) is 0. The number of rotatable bonds is 0. The summed E-state index contributed by atoms with van der Waals surface area (Å²) in [6, 6.07) is 0. The van der Waals surface area contributed by atoms with Crippen LogP contribution >= 0.6 is 23.4 Å². The molecular formula is H6AgPS3Zn. The van der Waals surface area contributed by atoms with Crippen LogP contribution in [0.1, 0.15) is 0 Å². The van der Waals surface area contributed by atoms with Crippen molar-refractivity contribution >= 4 is 50.4 Å². The summed E-state index contributed by atoms with van der Waals surface area (Å²) in [7, 11) is 0. The van der Waals surface area contributed by atoms with Gasteiger partial charge in [0.25, 0.3) is 0 Å². The van der Waals surface area contributed by atoms with Crippen LogP contribution in [0.25, 0.3) is 0 Å². The van der Waals surface area contributed by atoms with Gasteiger partial charge in [-0.25, -0.2) is 0 Å². The molecule has 0 radical (unpaired) electrons. The van der Waals surface area contributed by atoms with Crippen LogP contribution in [0.3, 0.4) is 0 Å². The fraction of sp³-hybridized carbons (Fsp3) is 0. The quantitative estimate of drug-likeness (QED) is 0.261. The van der Waals surface area contributed by atoms with Gasteiger partial charge in [0, 0.05) is 0 Å². The van der Waals surface area contributed by atoms with Gasteiger partial charge in [-0.15, -0.1) is 0 Å². The zero-order valence-electron chi connectivity index (χ0n) is 3.07. The van der Waals surface area contributed by atoms with Gasteiger partial charge in [-0.1, -0.05) is 0 Å². The van der Waals surface area contributed by atoms with E-state index in [-0.39, 0.29) is 92.2 Å². The third-order valence-electron chi connectivity index (χ3n) is 0. The van der Waals surface area contributed by atoms with Gasteiger partial charge in [-0.3, -0.25) is 0 Å². The van der Waals surface area contributed by atoms with Crippen LogP contribution in [0.5, 0.6) is 0 Å². The first-order valence-corrected chi connectivity index (χ1v) is 0. The topological polar surface area (TPSA) is 0 Å². The largest absolute Gasteiger partial charge is 2.00 e. The van der Waals surface area contributed by atoms with Gasteiger partial charge < -0.3 is 27.0 Å². The Morgan fingerprint density at radius 2 is 1.00 bits per heavy atom. The molecular weight excluding hydrogens is 300 g/mol. The maximum atomic E-state index is 0. The Kier molecular flexibility index (Phi) is 509. The van der Waals surface area contributed by atoms with E-state index in [0.717, 1.165) is 0 Å². The number of thiol groups is 1. The minimum absolute atomic E-state index is 0. The minimum Gasteiger partial charge on any atom is -2.00 e. The Morgan fingerprint density at radius 1 is 1.00 bits per heavy atom. The summed E-state index contributed by atoms with van der Waals surface area (Å²) in [5.74, 6) is 0. The van der Waals surface area contributed by atoms with Crippen molar-refractivity contribution in [2.24, 2.45) is 0 Å². The molecule has 1 atom stereocenters. The third-order valence-corrected chi connectivity index (χ3v) is 0. The first-order valence-electron chi connectivity index (χ1n) is 0. The average molecular weight is 306 g/mol. The zero-order valence-corrected chi connectivity index (χ0v) is 11.6. The molecule has 0 fully saturated rings. The molecule has 0 bridgehead atoms. The van der Waals surface area contributed by atoms with Crippen LogP contribution in [0.2, 0.25) is 0 Å². The van der Waals surface area contributed by atoms with E-state index in [4.69, 9.17) is 0 Å². The SMILES string of the molecule is P.S.[Ag+].[S-2].[SH-].[Zn+2]. The van der Waals surface area contributed by atoms with E-state index in [1.54, 1.807) is 0 Å². The van der Waals surface area contributed by atoms with Crippen molar-refractivity contribution in [3.05, 3.63) is 0 Å². The molecule has 0 saturated carbocycles. The molecule has 0 spiro atoms. The van der Waals surface area contributed by atoms with Crippen molar-refractivity contribution < 1.29 is 41.9 Å². The van der Waals surface area contributed by atoms with Gasteiger partial charge >= 0.3 is 41.9 Å². The summed E-state index contributed by atoms with van der Waals surface area (Å²) in [4.78, 5) is 0. The van der Waals surface area contributed by atoms with E-state index in [1.165, 1.54) is 0 Å². The Hall–Kier alpha value is 2.84. The summed E-state index contributed by atoms with van der Waals surface area (Å²) in [5, 5.41) is 0. The molecule has 42 valence electrons. The van der Waals surface area contributed by atoms with Crippen molar-refractivity contribution in [3.63, 3.8) is 0 Å². The van der Waals surface area contributed by atoms with Crippen molar-refractivity contribution in [1.82, 2.24) is 0 Å². The second-order valence-electron chi connectivity index (χ2n) is 0. The van der Waals surface area contributed by atoms with E-state index in [9.17, 15) is 0 Å². The molecule has 0 aliphatic heterocycles. The molecule has 0 saturated heterocycles. The van der Waals surface area contributed by atoms with E-state index in [1.807, 2.05) is 0 Å². The van der Waals surface area contributed by atoms with Crippen LogP contribution in [0.4, 0.5) is 0 Å². The van der Waals surface area contributed by atoms with Crippen molar-refractivity contribution in [1.29, 1.82) is 0 Å². The molecule has 0 heterocycles. The predicted molar refractivity (Wildman–Crippen MR) is 37.6 cm³/mol. The van der Waals surface area contributed by atoms with E-state index in [0.29, 0.717) is 0 Å². The van der Waals surface area contributed by atoms with Crippen molar-refractivity contribution in [2.45, 2.75) is 0 Å². The number of hydrogen-bond donors (Lipinski definition) is 0. The summed E-state index contributed by atoms with van der Waals surface area (Å²) >= 11 is 0. The smallest absolute Gasteiger partial charge is 2.00 e. The monoisotopic (exact) mass is 304 g/mol. The van der Waals surface area contributed by atoms with Crippen molar-refractivity contribution in [3.8, 4) is 0 Å². The fourth-order valence-electron chi connectivity index (χ4n) is 0. The molecule has 0 N–H and O–H groups in total. The average Bonchev–Trinajstić information content (AvgIpc) is 0. The van der Waals surface area contributed by atoms with Crippen LogP contribution < -0.4 is 0 Å². The molecule has 0 aromatic rings. The third kappa shape index (κ3) is 28.9. The summed E-state index contributed by atoms with van der Waals surface area (Å²) in [6.45, 7) is 0. The maximum Gasteiger partial charge on any atom is 2.00 e. The normalized spacial score (nSPS) is 0. The number of hydrogen-bond acceptors (Lipinski definition) is 1. The molecule has 0 aliphatic rings. The standard InChI is InChI=1S/Ag.H3P.2H2S.S.Zn/h;1H3;2*1H2;;/q+1;;;;-2;+2/p-1. The van der Waals surface area contributed by atoms with Crippen LogP contribution in [-0.2, 0) is 68.8 Å². The van der Waals surface area contributed by atoms with Crippen molar-refractivity contribution in [2.75, 3.05) is 0 Å². The summed E-state index contributed by atoms with van der Waals surface area (Å²) < 4.78 is 0. The Labute approximate surface area is 91.2 Å². The summed E-state index contributed by atoms with van der Waals surface area (Å²) in [6.07, 6.45) is 0. The minimum atomic E-state index is 0. The Morgan fingerprint density at radius 3 is 1.00 bits per heavy atom. The molecule has 0 amide bonds. The van der Waals surface area contributed by atoms with E-state index in [2.05, 4.69) is 0 Å². The molecule has 0 nitrogen and oxygen atoms in total. The van der Waals surface area contributed by atoms with E-state index >= 15 is 0 Å². The molecule has 6 heteroatoms. The summed E-state index contributed by atoms with van der Waals surface area (Å²) in [5.41, 5.74) is 0. The fourth-order valence-corrected chi connectivity index (χ4v) is 0. The van der Waals surface area contributed by atoms with Crippen LogP contribution in [-0.4, -0.2) is 0 Å². The molecule has 0 aromatic carbocycles. The van der Waals surface area contributed by atoms with Crippen LogP contribution in [0, 0.1) is 0 Å². The molecule has 0 rings (SSSR count). The second kappa shape index (κ2) is 45.4. The van der Waals surface area contributed by atoms with Gasteiger partial charge in [-0.2, -0.15) is 23.4 Å². The predicted octanol–water partition coefficient (Wildman–Crippen LogP) is -0.107. The Balaban J connectivity index is 0. The first kappa shape index (κ1) is 67.3. The van der Waals surface area contributed by atoms with Gasteiger partial charge in [0.2, 0.25) is 0 Å². The van der Waals surface area contributed by atoms with Gasteiger partial charge in [0.05, 0.1) is 0 Å².